The smallest absolute Gasteiger partial charge is 0.394 e. The molecule has 0 rings (SSSR count). The highest BCUT2D eigenvalue weighted by atomic mass is 19.4. The van der Waals surface area contributed by atoms with Crippen LogP contribution < -0.4 is 10.6 Å². The Morgan fingerprint density at radius 3 is 2.47 bits per heavy atom. The summed E-state index contributed by atoms with van der Waals surface area (Å²) in [6, 6.07) is 0. The summed E-state index contributed by atoms with van der Waals surface area (Å²) in [7, 11) is 0. The fraction of sp³-hybridized carbons (Fsp3) is 0.857. The highest BCUT2D eigenvalue weighted by molar-refractivity contribution is 5.77. The number of hydrogen-bond acceptors (Lipinski definition) is 4. The molecule has 0 heterocycles. The summed E-state index contributed by atoms with van der Waals surface area (Å²) in [6.07, 6.45) is -5.46. The zero-order chi connectivity index (χ0) is 11.9. The topological polar surface area (TPSA) is 81.6 Å². The molecule has 0 saturated carbocycles. The summed E-state index contributed by atoms with van der Waals surface area (Å²) in [5, 5.41) is 21.2. The number of alkyl halides is 3. The molecular weight excluding hydrogens is 217 g/mol. The fourth-order valence-corrected chi connectivity index (χ4v) is 0.678. The van der Waals surface area contributed by atoms with Crippen LogP contribution in [-0.4, -0.2) is 54.6 Å². The average Bonchev–Trinajstić information content (AvgIpc) is 2.13. The van der Waals surface area contributed by atoms with E-state index in [1.165, 1.54) is 0 Å². The van der Waals surface area contributed by atoms with Crippen molar-refractivity contribution in [3.63, 3.8) is 0 Å². The van der Waals surface area contributed by atoms with Crippen molar-refractivity contribution in [3.05, 3.63) is 0 Å². The van der Waals surface area contributed by atoms with Crippen LogP contribution >= 0.6 is 0 Å². The molecule has 1 unspecified atom stereocenters. The zero-order valence-electron chi connectivity index (χ0n) is 7.84. The van der Waals surface area contributed by atoms with E-state index in [4.69, 9.17) is 10.2 Å². The minimum absolute atomic E-state index is 0.0596. The van der Waals surface area contributed by atoms with E-state index in [1.807, 2.05) is 0 Å². The Bertz CT molecular complexity index is 198. The second-order valence-electron chi connectivity index (χ2n) is 2.86. The second-order valence-corrected chi connectivity index (χ2v) is 2.86. The monoisotopic (exact) mass is 230 g/mol. The van der Waals surface area contributed by atoms with Crippen LogP contribution in [0.3, 0.4) is 0 Å². The van der Waals surface area contributed by atoms with Gasteiger partial charge in [0, 0.05) is 6.54 Å². The average molecular weight is 230 g/mol. The highest BCUT2D eigenvalue weighted by Gasteiger charge is 2.27. The molecule has 0 saturated heterocycles. The lowest BCUT2D eigenvalue weighted by molar-refractivity contribution is -0.137. The number of amides is 1. The van der Waals surface area contributed by atoms with Gasteiger partial charge in [-0.05, 0) is 0 Å². The van der Waals surface area contributed by atoms with Crippen molar-refractivity contribution in [2.24, 2.45) is 0 Å². The van der Waals surface area contributed by atoms with E-state index < -0.39 is 31.3 Å². The van der Waals surface area contributed by atoms with Gasteiger partial charge in [0.2, 0.25) is 5.91 Å². The predicted molar refractivity (Wildman–Crippen MR) is 45.0 cm³/mol. The molecule has 0 aromatic heterocycles. The molecule has 0 aliphatic heterocycles. The lowest BCUT2D eigenvalue weighted by Gasteiger charge is -2.10. The van der Waals surface area contributed by atoms with Gasteiger partial charge >= 0.3 is 6.18 Å². The van der Waals surface area contributed by atoms with Crippen molar-refractivity contribution < 1.29 is 28.2 Å². The molecule has 0 aromatic carbocycles. The summed E-state index contributed by atoms with van der Waals surface area (Å²) in [6.45, 7) is -2.25. The van der Waals surface area contributed by atoms with Crippen LogP contribution in [-0.2, 0) is 4.79 Å². The van der Waals surface area contributed by atoms with E-state index in [0.29, 0.717) is 0 Å². The molecule has 1 amide bonds. The molecule has 0 aliphatic carbocycles. The van der Waals surface area contributed by atoms with Gasteiger partial charge in [-0.25, -0.2) is 0 Å². The summed E-state index contributed by atoms with van der Waals surface area (Å²) >= 11 is 0. The van der Waals surface area contributed by atoms with Crippen molar-refractivity contribution in [1.82, 2.24) is 10.6 Å². The van der Waals surface area contributed by atoms with Gasteiger partial charge < -0.3 is 20.8 Å². The Hall–Kier alpha value is -0.860. The van der Waals surface area contributed by atoms with E-state index in [1.54, 1.807) is 5.32 Å². The van der Waals surface area contributed by atoms with Crippen LogP contribution in [0, 0.1) is 0 Å². The normalized spacial score (nSPS) is 13.7. The Kier molecular flexibility index (Phi) is 6.21. The van der Waals surface area contributed by atoms with Crippen LogP contribution in [0.5, 0.6) is 0 Å². The van der Waals surface area contributed by atoms with Crippen LogP contribution in [0.1, 0.15) is 0 Å². The van der Waals surface area contributed by atoms with Crippen molar-refractivity contribution >= 4 is 5.91 Å². The van der Waals surface area contributed by atoms with Gasteiger partial charge in [0.1, 0.15) is 6.54 Å². The number of rotatable bonds is 6. The molecule has 0 spiro atoms. The van der Waals surface area contributed by atoms with Gasteiger partial charge in [-0.3, -0.25) is 4.79 Å². The van der Waals surface area contributed by atoms with Crippen molar-refractivity contribution in [2.75, 3.05) is 26.2 Å². The van der Waals surface area contributed by atoms with Gasteiger partial charge in [-0.2, -0.15) is 13.2 Å². The van der Waals surface area contributed by atoms with Crippen molar-refractivity contribution in [2.45, 2.75) is 12.3 Å². The molecule has 0 aromatic rings. The first kappa shape index (κ1) is 14.1. The molecule has 0 fully saturated rings. The number of aliphatic hydroxyl groups is 2. The molecule has 15 heavy (non-hydrogen) atoms. The Labute approximate surface area is 84.3 Å². The van der Waals surface area contributed by atoms with E-state index in [2.05, 4.69) is 5.32 Å². The number of aliphatic hydroxyl groups excluding tert-OH is 2. The van der Waals surface area contributed by atoms with Crippen LogP contribution in [0.2, 0.25) is 0 Å². The van der Waals surface area contributed by atoms with E-state index in [0.717, 1.165) is 0 Å². The summed E-state index contributed by atoms with van der Waals surface area (Å²) < 4.78 is 34.8. The minimum Gasteiger partial charge on any atom is -0.394 e. The molecule has 4 N–H and O–H groups in total. The van der Waals surface area contributed by atoms with Gasteiger partial charge in [-0.1, -0.05) is 0 Å². The molecule has 0 aliphatic rings. The molecule has 0 radical (unpaired) electrons. The van der Waals surface area contributed by atoms with Gasteiger partial charge in [0.25, 0.3) is 0 Å². The second kappa shape index (κ2) is 6.59. The first-order chi connectivity index (χ1) is 6.85. The van der Waals surface area contributed by atoms with Crippen LogP contribution in [0.25, 0.3) is 0 Å². The maximum absolute atomic E-state index is 11.6. The Balaban J connectivity index is 3.50. The van der Waals surface area contributed by atoms with Crippen LogP contribution in [0.4, 0.5) is 13.2 Å². The van der Waals surface area contributed by atoms with Gasteiger partial charge in [0.15, 0.2) is 0 Å². The molecule has 90 valence electrons. The Morgan fingerprint density at radius 1 is 1.40 bits per heavy atom. The van der Waals surface area contributed by atoms with E-state index >= 15 is 0 Å². The highest BCUT2D eigenvalue weighted by Crippen LogP contribution is 2.11. The fourth-order valence-electron chi connectivity index (χ4n) is 0.678. The molecule has 1 atom stereocenters. The number of carbonyl (C=O) groups is 1. The van der Waals surface area contributed by atoms with Crippen LogP contribution in [0.15, 0.2) is 0 Å². The van der Waals surface area contributed by atoms with E-state index in [-0.39, 0.29) is 13.1 Å². The largest absolute Gasteiger partial charge is 0.405 e. The molecule has 5 nitrogen and oxygen atoms in total. The number of hydrogen-bond donors (Lipinski definition) is 4. The van der Waals surface area contributed by atoms with Crippen molar-refractivity contribution in [1.29, 1.82) is 0 Å². The van der Waals surface area contributed by atoms with Gasteiger partial charge in [-0.15, -0.1) is 0 Å². The Morgan fingerprint density at radius 2 is 2.00 bits per heavy atom. The molecule has 0 bridgehead atoms. The maximum atomic E-state index is 11.6. The lowest BCUT2D eigenvalue weighted by atomic mass is 10.4. The standard InChI is InChI=1S/C7H13F3N2O3/c8-7(9,10)4-12-6(15)2-11-1-5(14)3-13/h5,11,13-14H,1-4H2,(H,12,15). The number of halogens is 3. The first-order valence-corrected chi connectivity index (χ1v) is 4.18. The summed E-state index contributed by atoms with van der Waals surface area (Å²) in [5.74, 6) is -0.822. The number of carbonyl (C=O) groups excluding carboxylic acids is 1. The van der Waals surface area contributed by atoms with E-state index in [9.17, 15) is 18.0 Å². The zero-order valence-corrected chi connectivity index (χ0v) is 7.84. The summed E-state index contributed by atoms with van der Waals surface area (Å²) in [5.41, 5.74) is 0. The first-order valence-electron chi connectivity index (χ1n) is 4.18. The van der Waals surface area contributed by atoms with Crippen molar-refractivity contribution in [3.8, 4) is 0 Å². The number of nitrogens with one attached hydrogen (secondary N) is 2. The summed E-state index contributed by atoms with van der Waals surface area (Å²) in [4.78, 5) is 10.7. The predicted octanol–water partition coefficient (Wildman–Crippen LogP) is -1.39. The maximum Gasteiger partial charge on any atom is 0.405 e. The molecular formula is C7H13F3N2O3. The minimum atomic E-state index is -4.43. The molecule has 8 heteroatoms. The SMILES string of the molecule is O=C(CNCC(O)CO)NCC(F)(F)F. The third-order valence-corrected chi connectivity index (χ3v) is 1.36. The van der Waals surface area contributed by atoms with Gasteiger partial charge in [0.05, 0.1) is 19.3 Å². The third kappa shape index (κ3) is 9.44. The third-order valence-electron chi connectivity index (χ3n) is 1.36. The quantitative estimate of drug-likeness (QED) is 0.453. The lowest BCUT2D eigenvalue weighted by Crippen LogP contribution is -2.41.